The summed E-state index contributed by atoms with van der Waals surface area (Å²) < 4.78 is 0.455. The van der Waals surface area contributed by atoms with Gasteiger partial charge in [-0.3, -0.25) is 4.79 Å². The van der Waals surface area contributed by atoms with Gasteiger partial charge in [-0.2, -0.15) is 0 Å². The van der Waals surface area contributed by atoms with E-state index in [1.54, 1.807) is 0 Å². The standard InChI is InChI=1S/C23H26N4OS/c28-22(25-18-7-3-1-2-4-8-18)17-13-11-16(12-14-17)15-24-21-19-9-5-6-10-20(19)26-23(29)27-21/h5-6,9-14,18H,1-4,7-8,15H2,(H,25,28)(H2,24,26,27,29). The summed E-state index contributed by atoms with van der Waals surface area (Å²) in [7, 11) is 0. The zero-order valence-corrected chi connectivity index (χ0v) is 17.2. The number of benzene rings is 2. The molecule has 6 heteroatoms. The summed E-state index contributed by atoms with van der Waals surface area (Å²) in [4.78, 5) is 20.1. The Hall–Kier alpha value is -2.73. The molecule has 1 saturated carbocycles. The number of para-hydroxylation sites is 1. The maximum Gasteiger partial charge on any atom is 0.251 e. The average molecular weight is 407 g/mol. The Bertz CT molecular complexity index is 1040. The van der Waals surface area contributed by atoms with Gasteiger partial charge in [-0.15, -0.1) is 0 Å². The second-order valence-electron chi connectivity index (χ2n) is 7.65. The van der Waals surface area contributed by atoms with Crippen LogP contribution in [0.25, 0.3) is 10.9 Å². The van der Waals surface area contributed by atoms with E-state index in [1.807, 2.05) is 48.5 Å². The van der Waals surface area contributed by atoms with Gasteiger partial charge in [0, 0.05) is 23.5 Å². The zero-order valence-electron chi connectivity index (χ0n) is 16.4. The molecule has 0 unspecified atom stereocenters. The fourth-order valence-electron chi connectivity index (χ4n) is 3.89. The second-order valence-corrected chi connectivity index (χ2v) is 8.04. The number of amides is 1. The van der Waals surface area contributed by atoms with Gasteiger partial charge >= 0.3 is 0 Å². The van der Waals surface area contributed by atoms with Gasteiger partial charge in [0.15, 0.2) is 4.77 Å². The fraction of sp³-hybridized carbons (Fsp3) is 0.348. The molecule has 1 amide bonds. The molecule has 1 fully saturated rings. The molecule has 0 atom stereocenters. The lowest BCUT2D eigenvalue weighted by atomic mass is 10.1. The first-order valence-corrected chi connectivity index (χ1v) is 10.7. The van der Waals surface area contributed by atoms with Crippen molar-refractivity contribution in [2.24, 2.45) is 0 Å². The molecule has 1 heterocycles. The van der Waals surface area contributed by atoms with E-state index in [0.29, 0.717) is 22.9 Å². The summed E-state index contributed by atoms with van der Waals surface area (Å²) in [6.45, 7) is 0.611. The number of nitrogens with one attached hydrogen (secondary N) is 3. The highest BCUT2D eigenvalue weighted by molar-refractivity contribution is 7.71. The number of H-pyrrole nitrogens is 1. The van der Waals surface area contributed by atoms with Crippen LogP contribution >= 0.6 is 12.2 Å². The largest absolute Gasteiger partial charge is 0.365 e. The van der Waals surface area contributed by atoms with Crippen LogP contribution in [0.3, 0.4) is 0 Å². The maximum absolute atomic E-state index is 12.5. The summed E-state index contributed by atoms with van der Waals surface area (Å²) in [5, 5.41) is 7.57. The molecule has 4 rings (SSSR count). The van der Waals surface area contributed by atoms with E-state index in [1.165, 1.54) is 25.7 Å². The molecule has 0 spiro atoms. The van der Waals surface area contributed by atoms with Crippen LogP contribution in [-0.4, -0.2) is 21.9 Å². The number of carbonyl (C=O) groups is 1. The quantitative estimate of drug-likeness (QED) is 0.394. The normalized spacial score (nSPS) is 15.0. The van der Waals surface area contributed by atoms with Crippen molar-refractivity contribution in [1.82, 2.24) is 15.3 Å². The minimum absolute atomic E-state index is 0.0263. The van der Waals surface area contributed by atoms with Crippen LogP contribution in [0.4, 0.5) is 5.82 Å². The highest BCUT2D eigenvalue weighted by Gasteiger charge is 2.15. The van der Waals surface area contributed by atoms with Crippen molar-refractivity contribution in [3.8, 4) is 0 Å². The molecule has 29 heavy (non-hydrogen) atoms. The third-order valence-electron chi connectivity index (χ3n) is 5.50. The van der Waals surface area contributed by atoms with Gasteiger partial charge in [-0.05, 0) is 54.9 Å². The molecular formula is C23H26N4OS. The summed E-state index contributed by atoms with van der Waals surface area (Å²) >= 11 is 5.23. The van der Waals surface area contributed by atoms with E-state index < -0.39 is 0 Å². The van der Waals surface area contributed by atoms with Gasteiger partial charge < -0.3 is 15.6 Å². The third-order valence-corrected chi connectivity index (χ3v) is 5.70. The highest BCUT2D eigenvalue weighted by Crippen LogP contribution is 2.20. The average Bonchev–Trinajstić information content (AvgIpc) is 3.01. The summed E-state index contributed by atoms with van der Waals surface area (Å²) in [5.41, 5.74) is 2.75. The Labute approximate surface area is 176 Å². The van der Waals surface area contributed by atoms with Gasteiger partial charge in [0.25, 0.3) is 5.91 Å². The molecular weight excluding hydrogens is 380 g/mol. The molecule has 1 aliphatic rings. The Kier molecular flexibility index (Phi) is 6.20. The Morgan fingerprint density at radius 2 is 1.76 bits per heavy atom. The molecule has 1 aliphatic carbocycles. The molecule has 0 bridgehead atoms. The Morgan fingerprint density at radius 3 is 2.52 bits per heavy atom. The SMILES string of the molecule is O=C(NC1CCCCCC1)c1ccc(CNc2nc(=S)[nH]c3ccccc23)cc1. The molecule has 3 aromatic rings. The van der Waals surface area contributed by atoms with Gasteiger partial charge in [0.05, 0.1) is 5.52 Å². The topological polar surface area (TPSA) is 69.8 Å². The fourth-order valence-corrected chi connectivity index (χ4v) is 4.09. The number of nitrogens with zero attached hydrogens (tertiary/aromatic N) is 1. The summed E-state index contributed by atoms with van der Waals surface area (Å²) in [6, 6.07) is 16.0. The van der Waals surface area contributed by atoms with E-state index >= 15 is 0 Å². The minimum atomic E-state index is 0.0263. The Morgan fingerprint density at radius 1 is 1.03 bits per heavy atom. The molecule has 0 radical (unpaired) electrons. The lowest BCUT2D eigenvalue weighted by Gasteiger charge is -2.16. The van der Waals surface area contributed by atoms with Gasteiger partial charge in [0.2, 0.25) is 0 Å². The molecule has 0 aliphatic heterocycles. The van der Waals surface area contributed by atoms with Crippen LogP contribution in [0, 0.1) is 4.77 Å². The van der Waals surface area contributed by atoms with E-state index in [9.17, 15) is 4.79 Å². The van der Waals surface area contributed by atoms with Gasteiger partial charge in [-0.1, -0.05) is 49.9 Å². The van der Waals surface area contributed by atoms with E-state index in [0.717, 1.165) is 35.1 Å². The van der Waals surface area contributed by atoms with Crippen LogP contribution in [-0.2, 0) is 6.54 Å². The molecule has 150 valence electrons. The number of hydrogen-bond donors (Lipinski definition) is 3. The molecule has 2 aromatic carbocycles. The molecule has 3 N–H and O–H groups in total. The highest BCUT2D eigenvalue weighted by atomic mass is 32.1. The zero-order chi connectivity index (χ0) is 20.1. The number of anilines is 1. The number of carbonyl (C=O) groups excluding carboxylic acids is 1. The van der Waals surface area contributed by atoms with Crippen LogP contribution in [0.15, 0.2) is 48.5 Å². The van der Waals surface area contributed by atoms with E-state index in [-0.39, 0.29) is 5.91 Å². The van der Waals surface area contributed by atoms with Crippen LogP contribution < -0.4 is 10.6 Å². The number of aromatic amines is 1. The van der Waals surface area contributed by atoms with Crippen LogP contribution in [0.1, 0.15) is 54.4 Å². The third kappa shape index (κ3) is 5.01. The number of fused-ring (bicyclic) bond motifs is 1. The van der Waals surface area contributed by atoms with Gasteiger partial charge in [-0.25, -0.2) is 4.98 Å². The maximum atomic E-state index is 12.5. The van der Waals surface area contributed by atoms with Crippen molar-refractivity contribution >= 4 is 34.8 Å². The van der Waals surface area contributed by atoms with E-state index in [4.69, 9.17) is 12.2 Å². The monoisotopic (exact) mass is 406 g/mol. The number of aromatic nitrogens is 2. The van der Waals surface area contributed by atoms with Gasteiger partial charge in [0.1, 0.15) is 5.82 Å². The van der Waals surface area contributed by atoms with E-state index in [2.05, 4.69) is 20.6 Å². The van der Waals surface area contributed by atoms with Crippen molar-refractivity contribution in [1.29, 1.82) is 0 Å². The number of hydrogen-bond acceptors (Lipinski definition) is 4. The minimum Gasteiger partial charge on any atom is -0.365 e. The predicted molar refractivity (Wildman–Crippen MR) is 120 cm³/mol. The second kappa shape index (κ2) is 9.18. The lowest BCUT2D eigenvalue weighted by molar-refractivity contribution is 0.0933. The molecule has 1 aromatic heterocycles. The van der Waals surface area contributed by atoms with Crippen LogP contribution in [0.2, 0.25) is 0 Å². The van der Waals surface area contributed by atoms with Crippen LogP contribution in [0.5, 0.6) is 0 Å². The first-order valence-electron chi connectivity index (χ1n) is 10.3. The van der Waals surface area contributed by atoms with Crippen molar-refractivity contribution in [2.75, 3.05) is 5.32 Å². The Balaban J connectivity index is 1.40. The predicted octanol–water partition coefficient (Wildman–Crippen LogP) is 5.36. The lowest BCUT2D eigenvalue weighted by Crippen LogP contribution is -2.34. The first kappa shape index (κ1) is 19.6. The first-order chi connectivity index (χ1) is 14.2. The molecule has 5 nitrogen and oxygen atoms in total. The van der Waals surface area contributed by atoms with Crippen molar-refractivity contribution in [3.63, 3.8) is 0 Å². The van der Waals surface area contributed by atoms with Crippen molar-refractivity contribution < 1.29 is 4.79 Å². The smallest absolute Gasteiger partial charge is 0.251 e. The number of rotatable bonds is 5. The summed E-state index contributed by atoms with van der Waals surface area (Å²) in [6.07, 6.45) is 7.17. The molecule has 0 saturated heterocycles. The summed E-state index contributed by atoms with van der Waals surface area (Å²) in [5.74, 6) is 0.790. The van der Waals surface area contributed by atoms with Crippen molar-refractivity contribution in [3.05, 3.63) is 64.4 Å². The van der Waals surface area contributed by atoms with Crippen molar-refractivity contribution in [2.45, 2.75) is 51.1 Å².